The van der Waals surface area contributed by atoms with E-state index in [-0.39, 0.29) is 18.0 Å². The normalized spacial score (nSPS) is 14.1. The minimum absolute atomic E-state index is 0.179. The Morgan fingerprint density at radius 3 is 2.68 bits per heavy atom. The summed E-state index contributed by atoms with van der Waals surface area (Å²) >= 11 is 0. The average Bonchev–Trinajstić information content (AvgIpc) is 3.25. The summed E-state index contributed by atoms with van der Waals surface area (Å²) in [4.78, 5) is 30.7. The van der Waals surface area contributed by atoms with E-state index in [1.54, 1.807) is 4.90 Å². The fraction of sp³-hybridized carbons (Fsp3) is 0.381. The van der Waals surface area contributed by atoms with Gasteiger partial charge in [0.2, 0.25) is 0 Å². The number of aromatic nitrogens is 3. The number of carbonyl (C=O) groups is 1. The van der Waals surface area contributed by atoms with Crippen LogP contribution in [0.5, 0.6) is 0 Å². The Morgan fingerprint density at radius 2 is 1.96 bits per heavy atom. The number of hydrogen-bond acceptors (Lipinski definition) is 4. The number of H-pyrrole nitrogens is 1. The van der Waals surface area contributed by atoms with Crippen LogP contribution < -0.4 is 5.56 Å². The van der Waals surface area contributed by atoms with Gasteiger partial charge in [-0.1, -0.05) is 37.3 Å². The Morgan fingerprint density at radius 1 is 1.21 bits per heavy atom. The van der Waals surface area contributed by atoms with Crippen LogP contribution in [-0.4, -0.2) is 37.6 Å². The van der Waals surface area contributed by atoms with E-state index in [0.29, 0.717) is 30.1 Å². The zero-order chi connectivity index (χ0) is 19.9. The monoisotopic (exact) mass is 380 g/mol. The predicted molar refractivity (Wildman–Crippen MR) is 105 cm³/mol. The van der Waals surface area contributed by atoms with Crippen molar-refractivity contribution < 1.29 is 9.53 Å². The molecule has 0 aliphatic carbocycles. The molecule has 1 N–H and O–H groups in total. The fourth-order valence-corrected chi connectivity index (χ4v) is 3.54. The van der Waals surface area contributed by atoms with Gasteiger partial charge in [0.05, 0.1) is 36.6 Å². The first-order valence-corrected chi connectivity index (χ1v) is 9.48. The molecule has 3 aromatic rings. The van der Waals surface area contributed by atoms with Gasteiger partial charge in [-0.2, -0.15) is 9.61 Å². The Hall–Kier alpha value is -2.93. The molecule has 1 aromatic carbocycles. The minimum atomic E-state index is -0.554. The van der Waals surface area contributed by atoms with E-state index in [1.165, 1.54) is 4.52 Å². The van der Waals surface area contributed by atoms with Crippen molar-refractivity contribution in [2.24, 2.45) is 0 Å². The van der Waals surface area contributed by atoms with Gasteiger partial charge in [-0.25, -0.2) is 0 Å². The highest BCUT2D eigenvalue weighted by Crippen LogP contribution is 2.27. The summed E-state index contributed by atoms with van der Waals surface area (Å²) in [5.41, 5.74) is 2.47. The average molecular weight is 380 g/mol. The minimum Gasteiger partial charge on any atom is -0.374 e. The first-order valence-electron chi connectivity index (χ1n) is 9.48. The summed E-state index contributed by atoms with van der Waals surface area (Å²) in [5, 5.41) is 4.32. The lowest BCUT2D eigenvalue weighted by Gasteiger charge is -2.35. The largest absolute Gasteiger partial charge is 0.374 e. The molecule has 0 bridgehead atoms. The molecule has 0 radical (unpaired) electrons. The number of aryl methyl sites for hydroxylation is 1. The number of amides is 1. The zero-order valence-corrected chi connectivity index (χ0v) is 16.4. The molecule has 7 nitrogen and oxygen atoms in total. The molecule has 7 heteroatoms. The standard InChI is InChI=1S/C21H24N4O3/c1-4-15-10-17-22-18-16(19(26)25(17)23-15)11-24(20(18)27)21(2,3)13-28-12-14-8-6-5-7-9-14/h5-10,22H,4,11-13H2,1-3H3. The van der Waals surface area contributed by atoms with Gasteiger partial charge >= 0.3 is 0 Å². The van der Waals surface area contributed by atoms with Crippen LogP contribution in [0.25, 0.3) is 5.65 Å². The van der Waals surface area contributed by atoms with E-state index >= 15 is 0 Å². The maximum atomic E-state index is 13.0. The van der Waals surface area contributed by atoms with Crippen LogP contribution >= 0.6 is 0 Å². The Kier molecular flexibility index (Phi) is 4.55. The molecule has 1 aliphatic rings. The molecule has 28 heavy (non-hydrogen) atoms. The summed E-state index contributed by atoms with van der Waals surface area (Å²) in [5.74, 6) is -0.179. The van der Waals surface area contributed by atoms with E-state index in [1.807, 2.05) is 57.2 Å². The second kappa shape index (κ2) is 6.91. The van der Waals surface area contributed by atoms with Crippen LogP contribution in [0.4, 0.5) is 0 Å². The van der Waals surface area contributed by atoms with Crippen LogP contribution in [0, 0.1) is 0 Å². The van der Waals surface area contributed by atoms with Gasteiger partial charge in [0, 0.05) is 6.07 Å². The van der Waals surface area contributed by atoms with E-state index in [4.69, 9.17) is 4.74 Å². The van der Waals surface area contributed by atoms with Crippen molar-refractivity contribution in [2.45, 2.75) is 45.9 Å². The van der Waals surface area contributed by atoms with Crippen molar-refractivity contribution >= 4 is 11.6 Å². The lowest BCUT2D eigenvalue weighted by atomic mass is 10.0. The van der Waals surface area contributed by atoms with Gasteiger partial charge in [0.15, 0.2) is 0 Å². The topological polar surface area (TPSA) is 79.7 Å². The van der Waals surface area contributed by atoms with Gasteiger partial charge < -0.3 is 14.6 Å². The highest BCUT2D eigenvalue weighted by atomic mass is 16.5. The van der Waals surface area contributed by atoms with Crippen molar-refractivity contribution in [2.75, 3.05) is 6.61 Å². The third-order valence-corrected chi connectivity index (χ3v) is 5.20. The Balaban J connectivity index is 1.54. The third kappa shape index (κ3) is 3.11. The molecule has 0 saturated carbocycles. The number of fused-ring (bicyclic) bond motifs is 2. The molecule has 1 amide bonds. The molecule has 0 spiro atoms. The second-order valence-corrected chi connectivity index (χ2v) is 7.75. The van der Waals surface area contributed by atoms with Crippen LogP contribution in [0.2, 0.25) is 0 Å². The highest BCUT2D eigenvalue weighted by molar-refractivity contribution is 5.97. The summed E-state index contributed by atoms with van der Waals surface area (Å²) in [6, 6.07) is 11.7. The maximum absolute atomic E-state index is 13.0. The summed E-state index contributed by atoms with van der Waals surface area (Å²) in [6.07, 6.45) is 0.728. The molecule has 0 fully saturated rings. The smallest absolute Gasteiger partial charge is 0.280 e. The SMILES string of the molecule is CCc1cc2[nH]c3c(c(=O)n2n1)CN(C(C)(C)COCc1ccccc1)C3=O. The summed E-state index contributed by atoms with van der Waals surface area (Å²) in [7, 11) is 0. The highest BCUT2D eigenvalue weighted by Gasteiger charge is 2.40. The molecule has 3 heterocycles. The molecule has 0 saturated heterocycles. The number of rotatable bonds is 6. The Labute approximate surface area is 162 Å². The number of aromatic amines is 1. The van der Waals surface area contributed by atoms with Crippen molar-refractivity contribution in [1.82, 2.24) is 19.5 Å². The number of benzene rings is 1. The molecular formula is C21H24N4O3. The Bertz CT molecular complexity index is 1080. The molecule has 4 rings (SSSR count). The molecule has 2 aromatic heterocycles. The number of nitrogens with zero attached hydrogens (tertiary/aromatic N) is 3. The van der Waals surface area contributed by atoms with Gasteiger partial charge in [-0.3, -0.25) is 9.59 Å². The summed E-state index contributed by atoms with van der Waals surface area (Å²) < 4.78 is 7.22. The van der Waals surface area contributed by atoms with E-state index < -0.39 is 5.54 Å². The maximum Gasteiger partial charge on any atom is 0.280 e. The predicted octanol–water partition coefficient (Wildman–Crippen LogP) is 2.54. The molecule has 0 atom stereocenters. The first-order chi connectivity index (χ1) is 13.4. The van der Waals surface area contributed by atoms with Crippen LogP contribution in [0.1, 0.15) is 48.1 Å². The van der Waals surface area contributed by atoms with Crippen molar-refractivity contribution in [3.05, 3.63) is 69.3 Å². The second-order valence-electron chi connectivity index (χ2n) is 7.75. The third-order valence-electron chi connectivity index (χ3n) is 5.20. The van der Waals surface area contributed by atoms with Crippen LogP contribution in [-0.2, 0) is 24.3 Å². The van der Waals surface area contributed by atoms with Crippen LogP contribution in [0.3, 0.4) is 0 Å². The molecule has 0 unspecified atom stereocenters. The first kappa shape index (κ1) is 18.4. The number of carbonyl (C=O) groups excluding carboxylic acids is 1. The molecular weight excluding hydrogens is 356 g/mol. The van der Waals surface area contributed by atoms with Crippen LogP contribution in [0.15, 0.2) is 41.2 Å². The zero-order valence-electron chi connectivity index (χ0n) is 16.4. The number of hydrogen-bond donors (Lipinski definition) is 1. The van der Waals surface area contributed by atoms with E-state index in [9.17, 15) is 9.59 Å². The van der Waals surface area contributed by atoms with Crippen molar-refractivity contribution in [3.63, 3.8) is 0 Å². The van der Waals surface area contributed by atoms with Crippen molar-refractivity contribution in [3.8, 4) is 0 Å². The fourth-order valence-electron chi connectivity index (χ4n) is 3.54. The lowest BCUT2D eigenvalue weighted by Crippen LogP contribution is -2.47. The number of ether oxygens (including phenoxy) is 1. The van der Waals surface area contributed by atoms with Gasteiger partial charge in [0.1, 0.15) is 11.3 Å². The van der Waals surface area contributed by atoms with Gasteiger partial charge in [0.25, 0.3) is 11.5 Å². The molecule has 1 aliphatic heterocycles. The van der Waals surface area contributed by atoms with E-state index in [2.05, 4.69) is 10.1 Å². The summed E-state index contributed by atoms with van der Waals surface area (Å²) in [6.45, 7) is 6.98. The van der Waals surface area contributed by atoms with E-state index in [0.717, 1.165) is 17.7 Å². The van der Waals surface area contributed by atoms with Gasteiger partial charge in [-0.05, 0) is 25.8 Å². The van der Waals surface area contributed by atoms with Gasteiger partial charge in [-0.15, -0.1) is 0 Å². The van der Waals surface area contributed by atoms with Crippen molar-refractivity contribution in [1.29, 1.82) is 0 Å². The molecule has 146 valence electrons. The quantitative estimate of drug-likeness (QED) is 0.713. The lowest BCUT2D eigenvalue weighted by molar-refractivity contribution is 0.00771. The number of nitrogens with one attached hydrogen (secondary N) is 1.